The maximum Gasteiger partial charge on any atom is 0.322 e. The Morgan fingerprint density at radius 1 is 1.10 bits per heavy atom. The molecule has 2 fully saturated rings. The minimum Gasteiger partial charge on any atom is -0.379 e. The number of nitrogens with one attached hydrogen (secondary N) is 1. The second kappa shape index (κ2) is 10.1. The molecular formula is C24H33N5O2. The van der Waals surface area contributed by atoms with Crippen LogP contribution in [0.5, 0.6) is 0 Å². The molecule has 2 amide bonds. The lowest BCUT2D eigenvalue weighted by molar-refractivity contribution is 0.0384. The number of aryl methyl sites for hydroxylation is 1. The SMILES string of the molecule is Cc1cccc(N2CCN(C(=O)Nc3ccc(CCN4CCOCC4)cc3)[C@@H](C)C2)n1. The van der Waals surface area contributed by atoms with Crippen molar-refractivity contribution in [1.29, 1.82) is 0 Å². The van der Waals surface area contributed by atoms with E-state index in [1.54, 1.807) is 0 Å². The van der Waals surface area contributed by atoms with Gasteiger partial charge in [-0.2, -0.15) is 0 Å². The number of aromatic nitrogens is 1. The molecule has 166 valence electrons. The van der Waals surface area contributed by atoms with Gasteiger partial charge in [-0.25, -0.2) is 9.78 Å². The quantitative estimate of drug-likeness (QED) is 0.801. The standard InChI is InChI=1S/C24H33N5O2/c1-19-4-3-5-23(25-19)28-12-13-29(20(2)18-28)24(30)26-22-8-6-21(7-9-22)10-11-27-14-16-31-17-15-27/h3-9,20H,10-18H2,1-2H3,(H,26,30)/t20-/m0/s1. The third-order valence-electron chi connectivity index (χ3n) is 6.11. The molecule has 0 bridgehead atoms. The highest BCUT2D eigenvalue weighted by atomic mass is 16.5. The third kappa shape index (κ3) is 5.74. The number of ether oxygens (including phenoxy) is 1. The van der Waals surface area contributed by atoms with Gasteiger partial charge in [0, 0.05) is 56.7 Å². The molecule has 0 saturated carbocycles. The fraction of sp³-hybridized carbons (Fsp3) is 0.500. The van der Waals surface area contributed by atoms with Crippen LogP contribution in [0.1, 0.15) is 18.2 Å². The van der Waals surface area contributed by atoms with Crippen LogP contribution in [0.4, 0.5) is 16.3 Å². The van der Waals surface area contributed by atoms with Crippen LogP contribution in [0.2, 0.25) is 0 Å². The van der Waals surface area contributed by atoms with E-state index in [1.165, 1.54) is 5.56 Å². The second-order valence-electron chi connectivity index (χ2n) is 8.46. The first-order valence-corrected chi connectivity index (χ1v) is 11.2. The Bertz CT molecular complexity index is 867. The van der Waals surface area contributed by atoms with Gasteiger partial charge in [0.25, 0.3) is 0 Å². The van der Waals surface area contributed by atoms with Gasteiger partial charge in [-0.05, 0) is 50.1 Å². The molecule has 0 aliphatic carbocycles. The molecule has 3 heterocycles. The van der Waals surface area contributed by atoms with E-state index in [2.05, 4.69) is 39.2 Å². The molecular weight excluding hydrogens is 390 g/mol. The van der Waals surface area contributed by atoms with Crippen molar-refractivity contribution < 1.29 is 9.53 Å². The molecule has 2 aliphatic heterocycles. The summed E-state index contributed by atoms with van der Waals surface area (Å²) in [7, 11) is 0. The van der Waals surface area contributed by atoms with Crippen molar-refractivity contribution in [3.05, 3.63) is 53.7 Å². The maximum absolute atomic E-state index is 12.9. The number of pyridine rings is 1. The normalized spacial score (nSPS) is 20.0. The van der Waals surface area contributed by atoms with E-state index in [4.69, 9.17) is 4.74 Å². The zero-order chi connectivity index (χ0) is 21.6. The number of hydrogen-bond donors (Lipinski definition) is 1. The van der Waals surface area contributed by atoms with Crippen molar-refractivity contribution in [3.8, 4) is 0 Å². The number of anilines is 2. The van der Waals surface area contributed by atoms with Gasteiger partial charge in [-0.15, -0.1) is 0 Å². The number of urea groups is 1. The monoisotopic (exact) mass is 423 g/mol. The lowest BCUT2D eigenvalue weighted by atomic mass is 10.1. The summed E-state index contributed by atoms with van der Waals surface area (Å²) in [6, 6.07) is 14.4. The number of nitrogens with zero attached hydrogens (tertiary/aromatic N) is 4. The van der Waals surface area contributed by atoms with Crippen molar-refractivity contribution in [1.82, 2.24) is 14.8 Å². The molecule has 0 unspecified atom stereocenters. The molecule has 1 atom stereocenters. The Balaban J connectivity index is 1.27. The van der Waals surface area contributed by atoms with Crippen LogP contribution in [-0.2, 0) is 11.2 Å². The summed E-state index contributed by atoms with van der Waals surface area (Å²) in [6.45, 7) is 11.1. The van der Waals surface area contributed by atoms with Crippen molar-refractivity contribution in [2.24, 2.45) is 0 Å². The Kier molecular flexibility index (Phi) is 7.04. The minimum absolute atomic E-state index is 0.0366. The van der Waals surface area contributed by atoms with E-state index in [0.29, 0.717) is 6.54 Å². The van der Waals surface area contributed by atoms with Gasteiger partial charge in [-0.3, -0.25) is 4.90 Å². The van der Waals surface area contributed by atoms with Gasteiger partial charge in [0.15, 0.2) is 0 Å². The summed E-state index contributed by atoms with van der Waals surface area (Å²) < 4.78 is 5.40. The third-order valence-corrected chi connectivity index (χ3v) is 6.11. The van der Waals surface area contributed by atoms with E-state index in [0.717, 1.165) is 69.6 Å². The molecule has 31 heavy (non-hydrogen) atoms. The van der Waals surface area contributed by atoms with Crippen molar-refractivity contribution in [2.75, 3.05) is 62.7 Å². The molecule has 1 N–H and O–H groups in total. The molecule has 1 aromatic heterocycles. The summed E-state index contributed by atoms with van der Waals surface area (Å²) in [4.78, 5) is 24.1. The smallest absolute Gasteiger partial charge is 0.322 e. The summed E-state index contributed by atoms with van der Waals surface area (Å²) in [6.07, 6.45) is 1.01. The highest BCUT2D eigenvalue weighted by molar-refractivity contribution is 5.89. The summed E-state index contributed by atoms with van der Waals surface area (Å²) in [5.41, 5.74) is 3.14. The maximum atomic E-state index is 12.9. The fourth-order valence-corrected chi connectivity index (χ4v) is 4.23. The molecule has 7 heteroatoms. The molecule has 1 aromatic carbocycles. The summed E-state index contributed by atoms with van der Waals surface area (Å²) in [5.74, 6) is 0.986. The fourth-order valence-electron chi connectivity index (χ4n) is 4.23. The highest BCUT2D eigenvalue weighted by Crippen LogP contribution is 2.19. The molecule has 4 rings (SSSR count). The average molecular weight is 424 g/mol. The van der Waals surface area contributed by atoms with Crippen LogP contribution in [0.15, 0.2) is 42.5 Å². The zero-order valence-electron chi connectivity index (χ0n) is 18.6. The van der Waals surface area contributed by atoms with Crippen molar-refractivity contribution in [3.63, 3.8) is 0 Å². The summed E-state index contributed by atoms with van der Waals surface area (Å²) >= 11 is 0. The lowest BCUT2D eigenvalue weighted by Gasteiger charge is -2.40. The van der Waals surface area contributed by atoms with Crippen molar-refractivity contribution in [2.45, 2.75) is 26.3 Å². The second-order valence-corrected chi connectivity index (χ2v) is 8.46. The predicted molar refractivity (Wildman–Crippen MR) is 124 cm³/mol. The minimum atomic E-state index is -0.0366. The molecule has 0 spiro atoms. The number of benzene rings is 1. The van der Waals surface area contributed by atoms with E-state index in [9.17, 15) is 4.79 Å². The van der Waals surface area contributed by atoms with E-state index in [1.807, 2.05) is 42.2 Å². The number of carbonyl (C=O) groups is 1. The van der Waals surface area contributed by atoms with Gasteiger partial charge < -0.3 is 19.9 Å². The predicted octanol–water partition coefficient (Wildman–Crippen LogP) is 3.01. The highest BCUT2D eigenvalue weighted by Gasteiger charge is 2.28. The zero-order valence-corrected chi connectivity index (χ0v) is 18.6. The largest absolute Gasteiger partial charge is 0.379 e. The van der Waals surface area contributed by atoms with Gasteiger partial charge in [0.05, 0.1) is 13.2 Å². The number of piperazine rings is 1. The Morgan fingerprint density at radius 2 is 1.87 bits per heavy atom. The van der Waals surface area contributed by atoms with Gasteiger partial charge >= 0.3 is 6.03 Å². The van der Waals surface area contributed by atoms with Crippen LogP contribution in [0, 0.1) is 6.92 Å². The number of amides is 2. The Morgan fingerprint density at radius 3 is 2.58 bits per heavy atom. The van der Waals surface area contributed by atoms with E-state index < -0.39 is 0 Å². The number of morpholine rings is 1. The van der Waals surface area contributed by atoms with Crippen LogP contribution in [0.3, 0.4) is 0 Å². The first kappa shape index (κ1) is 21.6. The van der Waals surface area contributed by atoms with Crippen LogP contribution < -0.4 is 10.2 Å². The summed E-state index contributed by atoms with van der Waals surface area (Å²) in [5, 5.41) is 3.06. The topological polar surface area (TPSA) is 60.9 Å². The first-order chi connectivity index (χ1) is 15.1. The van der Waals surface area contributed by atoms with Crippen LogP contribution >= 0.6 is 0 Å². The Hall–Kier alpha value is -2.64. The Labute approximate surface area is 185 Å². The van der Waals surface area contributed by atoms with Crippen molar-refractivity contribution >= 4 is 17.5 Å². The number of carbonyl (C=O) groups excluding carboxylic acids is 1. The van der Waals surface area contributed by atoms with E-state index >= 15 is 0 Å². The molecule has 2 aromatic rings. The average Bonchev–Trinajstić information content (AvgIpc) is 2.79. The molecule has 2 aliphatic rings. The van der Waals surface area contributed by atoms with Gasteiger partial charge in [-0.1, -0.05) is 18.2 Å². The van der Waals surface area contributed by atoms with Crippen LogP contribution in [0.25, 0.3) is 0 Å². The molecule has 7 nitrogen and oxygen atoms in total. The lowest BCUT2D eigenvalue weighted by Crippen LogP contribution is -2.55. The number of rotatable bonds is 5. The van der Waals surface area contributed by atoms with Gasteiger partial charge in [0.2, 0.25) is 0 Å². The molecule has 2 saturated heterocycles. The van der Waals surface area contributed by atoms with Crippen LogP contribution in [-0.4, -0.2) is 79.3 Å². The van der Waals surface area contributed by atoms with Gasteiger partial charge in [0.1, 0.15) is 5.82 Å². The number of hydrogen-bond acceptors (Lipinski definition) is 5. The van der Waals surface area contributed by atoms with E-state index in [-0.39, 0.29) is 12.1 Å². The molecule has 0 radical (unpaired) electrons. The first-order valence-electron chi connectivity index (χ1n) is 11.2.